The molecule has 0 aromatic heterocycles. The molecule has 7 heteroatoms. The van der Waals surface area contributed by atoms with Crippen molar-refractivity contribution in [1.82, 2.24) is 0 Å². The van der Waals surface area contributed by atoms with E-state index in [1.807, 2.05) is 18.2 Å². The Morgan fingerprint density at radius 2 is 1.67 bits per heavy atom. The standard InChI is InChI=1S/C23H25N3O4/c1-2-30-23(29)17-8-10-19(11-9-17)26-21(27)16-20(22(26)28)25-14-12-24(13-15-25)18-6-4-3-5-7-18/h3-11,20H,2,12-16H2,1H3/p+2/t20-/m1/s1. The Hall–Kier alpha value is -3.03. The highest BCUT2D eigenvalue weighted by atomic mass is 16.5. The molecular formula is C23H27N3O4+2. The van der Waals surface area contributed by atoms with Gasteiger partial charge in [0.05, 0.1) is 24.3 Å². The molecule has 0 radical (unpaired) electrons. The van der Waals surface area contributed by atoms with Crippen molar-refractivity contribution < 1.29 is 28.9 Å². The number of hydrogen-bond donors (Lipinski definition) is 2. The second-order valence-electron chi connectivity index (χ2n) is 7.72. The molecule has 30 heavy (non-hydrogen) atoms. The number of rotatable bonds is 5. The fraction of sp³-hybridized carbons (Fsp3) is 0.348. The molecule has 0 bridgehead atoms. The van der Waals surface area contributed by atoms with Crippen molar-refractivity contribution in [2.24, 2.45) is 0 Å². The van der Waals surface area contributed by atoms with E-state index in [9.17, 15) is 14.4 Å². The van der Waals surface area contributed by atoms with E-state index in [0.717, 1.165) is 26.2 Å². The SMILES string of the molecule is CCOC(=O)c1ccc(N2C(=O)C[C@@H]([NH+]3CC[NH+](c4ccccc4)CC3)C2=O)cc1. The minimum absolute atomic E-state index is 0.151. The van der Waals surface area contributed by atoms with Gasteiger partial charge in [-0.15, -0.1) is 0 Å². The van der Waals surface area contributed by atoms with Gasteiger partial charge in [-0.05, 0) is 43.3 Å². The molecule has 0 saturated carbocycles. The maximum absolute atomic E-state index is 13.1. The summed E-state index contributed by atoms with van der Waals surface area (Å²) in [5.41, 5.74) is 2.18. The Kier molecular flexibility index (Phi) is 5.92. The Morgan fingerprint density at radius 1 is 1.00 bits per heavy atom. The van der Waals surface area contributed by atoms with Gasteiger partial charge in [0, 0.05) is 0 Å². The summed E-state index contributed by atoms with van der Waals surface area (Å²) < 4.78 is 4.98. The molecule has 2 amide bonds. The first kappa shape index (κ1) is 20.3. The molecule has 1 atom stereocenters. The molecule has 0 spiro atoms. The lowest BCUT2D eigenvalue weighted by Crippen LogP contribution is -3.28. The highest BCUT2D eigenvalue weighted by molar-refractivity contribution is 6.21. The third-order valence-electron chi connectivity index (χ3n) is 5.95. The van der Waals surface area contributed by atoms with Crippen LogP contribution in [0.5, 0.6) is 0 Å². The molecule has 4 rings (SSSR count). The molecule has 2 aliphatic heterocycles. The zero-order valence-corrected chi connectivity index (χ0v) is 17.1. The van der Waals surface area contributed by atoms with Crippen LogP contribution < -0.4 is 14.7 Å². The van der Waals surface area contributed by atoms with Crippen molar-refractivity contribution in [1.29, 1.82) is 0 Å². The minimum atomic E-state index is -0.413. The van der Waals surface area contributed by atoms with Crippen molar-refractivity contribution >= 4 is 29.2 Å². The number of ether oxygens (including phenoxy) is 1. The van der Waals surface area contributed by atoms with Crippen LogP contribution in [0.15, 0.2) is 54.6 Å². The van der Waals surface area contributed by atoms with E-state index < -0.39 is 5.97 Å². The molecule has 156 valence electrons. The summed E-state index contributed by atoms with van der Waals surface area (Å²) in [7, 11) is 0. The number of piperazine rings is 1. The number of esters is 1. The molecule has 0 unspecified atom stereocenters. The maximum Gasteiger partial charge on any atom is 0.338 e. The summed E-state index contributed by atoms with van der Waals surface area (Å²) in [4.78, 5) is 41.4. The van der Waals surface area contributed by atoms with Crippen LogP contribution >= 0.6 is 0 Å². The van der Waals surface area contributed by atoms with E-state index in [-0.39, 0.29) is 24.3 Å². The number of anilines is 1. The topological polar surface area (TPSA) is 72.6 Å². The predicted molar refractivity (Wildman–Crippen MR) is 111 cm³/mol. The molecule has 2 heterocycles. The van der Waals surface area contributed by atoms with Crippen LogP contribution in [0, 0.1) is 0 Å². The zero-order valence-electron chi connectivity index (χ0n) is 17.1. The Balaban J connectivity index is 1.41. The van der Waals surface area contributed by atoms with Gasteiger partial charge in [0.15, 0.2) is 6.04 Å². The van der Waals surface area contributed by atoms with Crippen LogP contribution in [0.1, 0.15) is 23.7 Å². The lowest BCUT2D eigenvalue weighted by molar-refractivity contribution is -0.994. The van der Waals surface area contributed by atoms with Crippen molar-refractivity contribution in [3.05, 3.63) is 60.2 Å². The third kappa shape index (κ3) is 3.99. The van der Waals surface area contributed by atoms with E-state index in [1.54, 1.807) is 31.2 Å². The van der Waals surface area contributed by atoms with Gasteiger partial charge in [-0.2, -0.15) is 0 Å². The Morgan fingerprint density at radius 3 is 2.30 bits per heavy atom. The van der Waals surface area contributed by atoms with Gasteiger partial charge in [-0.3, -0.25) is 14.5 Å². The predicted octanol–water partition coefficient (Wildman–Crippen LogP) is -0.390. The number of hydrogen-bond acceptors (Lipinski definition) is 4. The van der Waals surface area contributed by atoms with Crippen molar-refractivity contribution in [3.8, 4) is 0 Å². The van der Waals surface area contributed by atoms with Crippen LogP contribution in [0.2, 0.25) is 0 Å². The monoisotopic (exact) mass is 409 g/mol. The summed E-state index contributed by atoms with van der Waals surface area (Å²) in [6.45, 7) is 5.62. The number of nitrogens with one attached hydrogen (secondary N) is 2. The molecule has 7 nitrogen and oxygen atoms in total. The second kappa shape index (κ2) is 8.77. The van der Waals surface area contributed by atoms with E-state index in [2.05, 4.69) is 12.1 Å². The quantitative estimate of drug-likeness (QED) is 0.521. The van der Waals surface area contributed by atoms with Crippen LogP contribution in [-0.4, -0.2) is 56.6 Å². The highest BCUT2D eigenvalue weighted by Gasteiger charge is 2.47. The number of benzene rings is 2. The molecule has 2 aromatic rings. The average molecular weight is 409 g/mol. The second-order valence-corrected chi connectivity index (χ2v) is 7.72. The lowest BCUT2D eigenvalue weighted by Gasteiger charge is -2.31. The highest BCUT2D eigenvalue weighted by Crippen LogP contribution is 2.22. The van der Waals surface area contributed by atoms with Gasteiger partial charge in [-0.1, -0.05) is 18.2 Å². The van der Waals surface area contributed by atoms with E-state index >= 15 is 0 Å². The van der Waals surface area contributed by atoms with Crippen LogP contribution in [0.3, 0.4) is 0 Å². The third-order valence-corrected chi connectivity index (χ3v) is 5.95. The van der Waals surface area contributed by atoms with E-state index in [0.29, 0.717) is 17.9 Å². The summed E-state index contributed by atoms with van der Waals surface area (Å²) in [6, 6.07) is 16.5. The van der Waals surface area contributed by atoms with Gasteiger partial charge < -0.3 is 9.64 Å². The first-order valence-electron chi connectivity index (χ1n) is 10.5. The Bertz CT molecular complexity index is 921. The molecule has 2 aromatic carbocycles. The average Bonchev–Trinajstić information content (AvgIpc) is 3.08. The van der Waals surface area contributed by atoms with Gasteiger partial charge in [0.2, 0.25) is 5.91 Å². The number of imide groups is 1. The summed E-state index contributed by atoms with van der Waals surface area (Å²) in [5.74, 6) is -0.745. The first-order valence-corrected chi connectivity index (χ1v) is 10.5. The molecule has 2 N–H and O–H groups in total. The number of carbonyl (C=O) groups is 3. The largest absolute Gasteiger partial charge is 0.462 e. The minimum Gasteiger partial charge on any atom is -0.462 e. The van der Waals surface area contributed by atoms with E-state index in [1.165, 1.54) is 20.4 Å². The molecule has 2 aliphatic rings. The molecule has 2 saturated heterocycles. The molecule has 2 fully saturated rings. The Labute approximate surface area is 175 Å². The molecule has 0 aliphatic carbocycles. The van der Waals surface area contributed by atoms with Crippen LogP contribution in [-0.2, 0) is 14.3 Å². The number of para-hydroxylation sites is 1. The smallest absolute Gasteiger partial charge is 0.338 e. The fourth-order valence-electron chi connectivity index (χ4n) is 4.37. The summed E-state index contributed by atoms with van der Waals surface area (Å²) in [5, 5.41) is 0. The van der Waals surface area contributed by atoms with Gasteiger partial charge in [-0.25, -0.2) is 9.69 Å². The number of nitrogens with zero attached hydrogens (tertiary/aromatic N) is 1. The van der Waals surface area contributed by atoms with Gasteiger partial charge in [0.1, 0.15) is 31.9 Å². The van der Waals surface area contributed by atoms with Gasteiger partial charge >= 0.3 is 5.97 Å². The molecular weight excluding hydrogens is 382 g/mol. The van der Waals surface area contributed by atoms with Gasteiger partial charge in [0.25, 0.3) is 5.91 Å². The zero-order chi connectivity index (χ0) is 21.1. The summed E-state index contributed by atoms with van der Waals surface area (Å²) in [6.07, 6.45) is 0.231. The van der Waals surface area contributed by atoms with Crippen molar-refractivity contribution in [3.63, 3.8) is 0 Å². The maximum atomic E-state index is 13.1. The number of amides is 2. The van der Waals surface area contributed by atoms with Crippen molar-refractivity contribution in [2.75, 3.05) is 37.7 Å². The summed E-state index contributed by atoms with van der Waals surface area (Å²) >= 11 is 0. The van der Waals surface area contributed by atoms with E-state index in [4.69, 9.17) is 4.74 Å². The van der Waals surface area contributed by atoms with Crippen LogP contribution in [0.4, 0.5) is 11.4 Å². The van der Waals surface area contributed by atoms with Crippen molar-refractivity contribution in [2.45, 2.75) is 19.4 Å². The normalized spacial score (nSPS) is 24.2. The van der Waals surface area contributed by atoms with Crippen LogP contribution in [0.25, 0.3) is 0 Å². The first-order chi connectivity index (χ1) is 14.6. The lowest BCUT2D eigenvalue weighted by atomic mass is 10.1. The fourth-order valence-corrected chi connectivity index (χ4v) is 4.37. The number of carbonyl (C=O) groups excluding carboxylic acids is 3. The number of quaternary nitrogens is 2.